The van der Waals surface area contributed by atoms with E-state index in [-0.39, 0.29) is 23.9 Å². The van der Waals surface area contributed by atoms with Crippen molar-refractivity contribution in [1.29, 1.82) is 0 Å². The Kier molecular flexibility index (Phi) is 4.79. The second-order valence-corrected chi connectivity index (χ2v) is 7.06. The number of aryl methyl sites for hydroxylation is 1. The quantitative estimate of drug-likeness (QED) is 0.886. The number of nitrogens with zero attached hydrogens (tertiary/aromatic N) is 5. The van der Waals surface area contributed by atoms with Crippen molar-refractivity contribution < 1.29 is 9.59 Å². The lowest BCUT2D eigenvalue weighted by atomic mass is 9.95. The molecule has 0 bridgehead atoms. The lowest BCUT2D eigenvalue weighted by Gasteiger charge is -2.35. The topological polar surface area (TPSA) is 101 Å². The molecule has 0 unspecified atom stereocenters. The van der Waals surface area contributed by atoms with Crippen LogP contribution in [0, 0.1) is 6.92 Å². The first-order valence-corrected chi connectivity index (χ1v) is 9.35. The monoisotopic (exact) mass is 366 g/mol. The molecule has 1 saturated carbocycles. The molecule has 3 heterocycles. The molecule has 140 valence electrons. The zero-order valence-corrected chi connectivity index (χ0v) is 15.3. The second kappa shape index (κ2) is 7.38. The number of carbonyl (C=O) groups is 2. The first-order chi connectivity index (χ1) is 13.1. The molecule has 2 aliphatic rings. The fraction of sp³-hybridized carbons (Fsp3) is 0.474. The van der Waals surface area contributed by atoms with Crippen LogP contribution in [-0.4, -0.2) is 49.2 Å². The Labute approximate surface area is 157 Å². The summed E-state index contributed by atoms with van der Waals surface area (Å²) in [5.41, 5.74) is 1.38. The summed E-state index contributed by atoms with van der Waals surface area (Å²) < 4.78 is 0. The molecule has 2 fully saturated rings. The predicted octanol–water partition coefficient (Wildman–Crippen LogP) is 1.83. The zero-order valence-electron chi connectivity index (χ0n) is 15.3. The van der Waals surface area contributed by atoms with E-state index in [9.17, 15) is 9.59 Å². The second-order valence-electron chi connectivity index (χ2n) is 7.06. The van der Waals surface area contributed by atoms with Gasteiger partial charge >= 0.3 is 0 Å². The molecule has 4 rings (SSSR count). The summed E-state index contributed by atoms with van der Waals surface area (Å²) in [6, 6.07) is -0.0229. The van der Waals surface area contributed by atoms with Crippen molar-refractivity contribution in [3.63, 3.8) is 0 Å². The first-order valence-electron chi connectivity index (χ1n) is 9.35. The Balaban J connectivity index is 1.68. The molecule has 2 amide bonds. The maximum absolute atomic E-state index is 13.0. The molecule has 0 aromatic carbocycles. The van der Waals surface area contributed by atoms with Gasteiger partial charge < -0.3 is 10.2 Å². The third kappa shape index (κ3) is 3.79. The highest BCUT2D eigenvalue weighted by Gasteiger charge is 2.34. The summed E-state index contributed by atoms with van der Waals surface area (Å²) in [7, 11) is 0. The molecule has 0 radical (unpaired) electrons. The minimum Gasteiger partial charge on any atom is -0.349 e. The maximum Gasteiger partial charge on any atom is 0.274 e. The Hall–Kier alpha value is -2.90. The molecule has 1 aliphatic carbocycles. The van der Waals surface area contributed by atoms with Crippen molar-refractivity contribution in [3.8, 4) is 0 Å². The Morgan fingerprint density at radius 1 is 1.11 bits per heavy atom. The van der Waals surface area contributed by atoms with Gasteiger partial charge in [-0.15, -0.1) is 0 Å². The van der Waals surface area contributed by atoms with Gasteiger partial charge in [-0.05, 0) is 39.0 Å². The van der Waals surface area contributed by atoms with Crippen LogP contribution in [0.1, 0.15) is 70.5 Å². The van der Waals surface area contributed by atoms with Crippen molar-refractivity contribution in [3.05, 3.63) is 47.6 Å². The number of hydrogen-bond donors (Lipinski definition) is 1. The maximum atomic E-state index is 13.0. The smallest absolute Gasteiger partial charge is 0.274 e. The van der Waals surface area contributed by atoms with E-state index < -0.39 is 0 Å². The van der Waals surface area contributed by atoms with Crippen LogP contribution in [0.25, 0.3) is 0 Å². The first kappa shape index (κ1) is 17.5. The number of nitrogens with one attached hydrogen (secondary N) is 1. The number of likely N-dealkylation sites (tertiary alicyclic amines) is 1. The van der Waals surface area contributed by atoms with Gasteiger partial charge in [0.1, 0.15) is 11.5 Å². The highest BCUT2D eigenvalue weighted by Crippen LogP contribution is 2.33. The van der Waals surface area contributed by atoms with Crippen LogP contribution < -0.4 is 5.32 Å². The van der Waals surface area contributed by atoms with E-state index in [1.165, 1.54) is 12.4 Å². The van der Waals surface area contributed by atoms with E-state index in [1.807, 2.05) is 0 Å². The lowest BCUT2D eigenvalue weighted by Crippen LogP contribution is -2.40. The Morgan fingerprint density at radius 3 is 2.70 bits per heavy atom. The van der Waals surface area contributed by atoms with Crippen LogP contribution in [0.3, 0.4) is 0 Å². The molecule has 1 aliphatic heterocycles. The van der Waals surface area contributed by atoms with Gasteiger partial charge in [-0.2, -0.15) is 0 Å². The summed E-state index contributed by atoms with van der Waals surface area (Å²) in [5.74, 6) is 0.244. The van der Waals surface area contributed by atoms with Crippen LogP contribution >= 0.6 is 0 Å². The Bertz CT molecular complexity index is 853. The number of piperidine rings is 1. The van der Waals surface area contributed by atoms with E-state index in [0.717, 1.165) is 32.1 Å². The molecule has 1 N–H and O–H groups in total. The van der Waals surface area contributed by atoms with E-state index in [0.29, 0.717) is 29.3 Å². The third-order valence-electron chi connectivity index (χ3n) is 4.96. The van der Waals surface area contributed by atoms with Gasteiger partial charge in [0.15, 0.2) is 0 Å². The van der Waals surface area contributed by atoms with Crippen LogP contribution in [0.15, 0.2) is 24.8 Å². The third-order valence-corrected chi connectivity index (χ3v) is 4.96. The lowest BCUT2D eigenvalue weighted by molar-refractivity contribution is 0.0595. The van der Waals surface area contributed by atoms with E-state index >= 15 is 0 Å². The number of amides is 2. The molecule has 1 saturated heterocycles. The molecule has 27 heavy (non-hydrogen) atoms. The standard InChI is InChI=1S/C19H22N6O2/c1-12-22-10-14(18(26)24-13-5-6-13)17(23-12)16-4-2-3-9-25(16)19(27)15-11-20-7-8-21-15/h7-8,10-11,13,16H,2-6,9H2,1H3,(H,24,26)/t16-/m1/s1. The van der Waals surface area contributed by atoms with E-state index in [4.69, 9.17) is 0 Å². The zero-order chi connectivity index (χ0) is 18.8. The molecule has 2 aromatic rings. The SMILES string of the molecule is Cc1ncc(C(=O)NC2CC2)c([C@H]2CCCCN2C(=O)c2cnccn2)n1. The highest BCUT2D eigenvalue weighted by molar-refractivity contribution is 5.96. The van der Waals surface area contributed by atoms with E-state index in [2.05, 4.69) is 25.3 Å². The largest absolute Gasteiger partial charge is 0.349 e. The van der Waals surface area contributed by atoms with Crippen molar-refractivity contribution >= 4 is 11.8 Å². The minimum absolute atomic E-state index is 0.162. The van der Waals surface area contributed by atoms with Crippen molar-refractivity contribution in [2.24, 2.45) is 0 Å². The van der Waals surface area contributed by atoms with E-state index in [1.54, 1.807) is 24.2 Å². The average molecular weight is 366 g/mol. The van der Waals surface area contributed by atoms with Gasteiger partial charge in [-0.25, -0.2) is 15.0 Å². The number of carbonyl (C=O) groups excluding carboxylic acids is 2. The number of aromatic nitrogens is 4. The summed E-state index contributed by atoms with van der Waals surface area (Å²) in [4.78, 5) is 44.4. The molecular weight excluding hydrogens is 344 g/mol. The van der Waals surface area contributed by atoms with Gasteiger partial charge in [0.05, 0.1) is 23.5 Å². The summed E-state index contributed by atoms with van der Waals surface area (Å²) in [5, 5.41) is 3.00. The van der Waals surface area contributed by atoms with Crippen molar-refractivity contribution in [2.45, 2.75) is 51.1 Å². The molecule has 1 atom stereocenters. The minimum atomic E-state index is -0.269. The van der Waals surface area contributed by atoms with Crippen LogP contribution in [0.4, 0.5) is 0 Å². The van der Waals surface area contributed by atoms with Crippen LogP contribution in [0.5, 0.6) is 0 Å². The van der Waals surface area contributed by atoms with Crippen LogP contribution in [-0.2, 0) is 0 Å². The van der Waals surface area contributed by atoms with Crippen molar-refractivity contribution in [1.82, 2.24) is 30.2 Å². The van der Waals surface area contributed by atoms with Crippen LogP contribution in [0.2, 0.25) is 0 Å². The molecule has 2 aromatic heterocycles. The number of hydrogen-bond acceptors (Lipinski definition) is 6. The molecule has 0 spiro atoms. The molecule has 8 heteroatoms. The Morgan fingerprint density at radius 2 is 1.96 bits per heavy atom. The van der Waals surface area contributed by atoms with Gasteiger partial charge in [-0.1, -0.05) is 0 Å². The summed E-state index contributed by atoms with van der Waals surface area (Å²) in [6.07, 6.45) is 10.8. The van der Waals surface area contributed by atoms with Gasteiger partial charge in [0.25, 0.3) is 11.8 Å². The summed E-state index contributed by atoms with van der Waals surface area (Å²) >= 11 is 0. The average Bonchev–Trinajstić information content (AvgIpc) is 3.52. The summed E-state index contributed by atoms with van der Waals surface area (Å²) in [6.45, 7) is 2.40. The molecule has 8 nitrogen and oxygen atoms in total. The fourth-order valence-corrected chi connectivity index (χ4v) is 3.42. The highest BCUT2D eigenvalue weighted by atomic mass is 16.2. The van der Waals surface area contributed by atoms with Gasteiger partial charge in [0.2, 0.25) is 0 Å². The predicted molar refractivity (Wildman–Crippen MR) is 96.9 cm³/mol. The fourth-order valence-electron chi connectivity index (χ4n) is 3.42. The molecular formula is C19H22N6O2. The number of rotatable bonds is 4. The van der Waals surface area contributed by atoms with Gasteiger partial charge in [-0.3, -0.25) is 14.6 Å². The van der Waals surface area contributed by atoms with Gasteiger partial charge in [0, 0.05) is 31.2 Å². The van der Waals surface area contributed by atoms with Crippen molar-refractivity contribution in [2.75, 3.05) is 6.54 Å². The normalized spacial score (nSPS) is 19.6.